The molecule has 0 bridgehead atoms. The second-order valence-corrected chi connectivity index (χ2v) is 5.32. The molecule has 0 spiro atoms. The SMILES string of the molecule is C=C(NNC(=O)COc1ccc2ccccc2c1)c1ccccc1. The van der Waals surface area contributed by atoms with Gasteiger partial charge in [-0.05, 0) is 28.5 Å². The molecule has 0 fully saturated rings. The van der Waals surface area contributed by atoms with Crippen molar-refractivity contribution in [1.29, 1.82) is 0 Å². The molecule has 0 aliphatic rings. The second kappa shape index (κ2) is 7.33. The number of rotatable bonds is 6. The number of nitrogens with one attached hydrogen (secondary N) is 2. The van der Waals surface area contributed by atoms with Gasteiger partial charge in [0.05, 0.1) is 5.70 Å². The van der Waals surface area contributed by atoms with Gasteiger partial charge in [-0.3, -0.25) is 15.6 Å². The number of carbonyl (C=O) groups is 1. The van der Waals surface area contributed by atoms with Gasteiger partial charge >= 0.3 is 0 Å². The Bertz CT molecular complexity index is 860. The normalized spacial score (nSPS) is 10.2. The van der Waals surface area contributed by atoms with Gasteiger partial charge in [0, 0.05) is 0 Å². The predicted molar refractivity (Wildman–Crippen MR) is 96.2 cm³/mol. The Morgan fingerprint density at radius 2 is 1.58 bits per heavy atom. The van der Waals surface area contributed by atoms with E-state index in [1.807, 2.05) is 72.8 Å². The summed E-state index contributed by atoms with van der Waals surface area (Å²) in [4.78, 5) is 11.9. The van der Waals surface area contributed by atoms with Crippen LogP contribution in [0.2, 0.25) is 0 Å². The van der Waals surface area contributed by atoms with Crippen LogP contribution in [0, 0.1) is 0 Å². The standard InChI is InChI=1S/C20H18N2O2/c1-15(16-7-3-2-4-8-16)21-22-20(23)14-24-19-12-11-17-9-5-6-10-18(17)13-19/h2-13,21H,1,14H2,(H,22,23). The zero-order chi connectivity index (χ0) is 16.8. The van der Waals surface area contributed by atoms with Gasteiger partial charge in [0.1, 0.15) is 5.75 Å². The first kappa shape index (κ1) is 15.6. The zero-order valence-electron chi connectivity index (χ0n) is 13.2. The van der Waals surface area contributed by atoms with Crippen LogP contribution < -0.4 is 15.6 Å². The second-order valence-electron chi connectivity index (χ2n) is 5.32. The Morgan fingerprint density at radius 3 is 2.38 bits per heavy atom. The number of amides is 1. The van der Waals surface area contributed by atoms with Gasteiger partial charge in [0.2, 0.25) is 0 Å². The lowest BCUT2D eigenvalue weighted by Gasteiger charge is -2.12. The van der Waals surface area contributed by atoms with E-state index < -0.39 is 0 Å². The van der Waals surface area contributed by atoms with Gasteiger partial charge in [-0.15, -0.1) is 0 Å². The van der Waals surface area contributed by atoms with Crippen molar-refractivity contribution >= 4 is 22.4 Å². The Balaban J connectivity index is 1.50. The molecule has 0 radical (unpaired) electrons. The molecule has 2 N–H and O–H groups in total. The van der Waals surface area contributed by atoms with E-state index in [1.54, 1.807) is 0 Å². The van der Waals surface area contributed by atoms with Gasteiger partial charge in [0.15, 0.2) is 6.61 Å². The molecule has 4 heteroatoms. The van der Waals surface area contributed by atoms with Gasteiger partial charge in [-0.25, -0.2) is 0 Å². The topological polar surface area (TPSA) is 50.4 Å². The molecule has 4 nitrogen and oxygen atoms in total. The van der Waals surface area contributed by atoms with Crippen LogP contribution in [0.25, 0.3) is 16.5 Å². The molecule has 3 rings (SSSR count). The van der Waals surface area contributed by atoms with Crippen molar-refractivity contribution in [3.05, 3.63) is 84.9 Å². The summed E-state index contributed by atoms with van der Waals surface area (Å²) in [6.45, 7) is 3.81. The molecule has 0 aliphatic heterocycles. The summed E-state index contributed by atoms with van der Waals surface area (Å²) in [7, 11) is 0. The number of hydrazine groups is 1. The average Bonchev–Trinajstić information content (AvgIpc) is 2.65. The molecule has 3 aromatic rings. The minimum atomic E-state index is -0.278. The highest BCUT2D eigenvalue weighted by Gasteiger charge is 2.04. The van der Waals surface area contributed by atoms with Gasteiger partial charge < -0.3 is 4.74 Å². The van der Waals surface area contributed by atoms with Crippen molar-refractivity contribution in [2.45, 2.75) is 0 Å². The average molecular weight is 318 g/mol. The van der Waals surface area contributed by atoms with Crippen LogP contribution in [-0.4, -0.2) is 12.5 Å². The first-order valence-corrected chi connectivity index (χ1v) is 7.63. The third kappa shape index (κ3) is 3.93. The minimum absolute atomic E-state index is 0.0760. The number of carbonyl (C=O) groups excluding carboxylic acids is 1. The first-order valence-electron chi connectivity index (χ1n) is 7.63. The molecule has 3 aromatic carbocycles. The highest BCUT2D eigenvalue weighted by molar-refractivity contribution is 5.84. The van der Waals surface area contributed by atoms with E-state index in [1.165, 1.54) is 0 Å². The highest BCUT2D eigenvalue weighted by atomic mass is 16.5. The maximum Gasteiger partial charge on any atom is 0.276 e. The lowest BCUT2D eigenvalue weighted by Crippen LogP contribution is -2.38. The summed E-state index contributed by atoms with van der Waals surface area (Å²) in [5.41, 5.74) is 6.90. The summed E-state index contributed by atoms with van der Waals surface area (Å²) >= 11 is 0. The van der Waals surface area contributed by atoms with Crippen LogP contribution in [0.5, 0.6) is 5.75 Å². The van der Waals surface area contributed by atoms with E-state index in [9.17, 15) is 4.79 Å². The molecule has 120 valence electrons. The Labute approximate surface area is 140 Å². The lowest BCUT2D eigenvalue weighted by molar-refractivity contribution is -0.123. The van der Waals surface area contributed by atoms with Crippen LogP contribution in [-0.2, 0) is 4.79 Å². The maximum absolute atomic E-state index is 11.9. The first-order chi connectivity index (χ1) is 11.7. The molecule has 0 unspecified atom stereocenters. The number of hydrogen-bond donors (Lipinski definition) is 2. The highest BCUT2D eigenvalue weighted by Crippen LogP contribution is 2.20. The Hall–Kier alpha value is -3.27. The number of hydrogen-bond acceptors (Lipinski definition) is 3. The van der Waals surface area contributed by atoms with Crippen LogP contribution in [0.15, 0.2) is 79.4 Å². The van der Waals surface area contributed by atoms with Crippen molar-refractivity contribution in [3.8, 4) is 5.75 Å². The number of fused-ring (bicyclic) bond motifs is 1. The van der Waals surface area contributed by atoms with E-state index in [4.69, 9.17) is 4.74 Å². The fourth-order valence-corrected chi connectivity index (χ4v) is 2.30. The van der Waals surface area contributed by atoms with Crippen LogP contribution >= 0.6 is 0 Å². The van der Waals surface area contributed by atoms with Gasteiger partial charge in [0.25, 0.3) is 5.91 Å². The summed E-state index contributed by atoms with van der Waals surface area (Å²) in [5, 5.41) is 2.21. The fourth-order valence-electron chi connectivity index (χ4n) is 2.30. The van der Waals surface area contributed by atoms with E-state index in [0.29, 0.717) is 11.4 Å². The van der Waals surface area contributed by atoms with Crippen molar-refractivity contribution in [2.24, 2.45) is 0 Å². The third-order valence-corrected chi connectivity index (χ3v) is 3.57. The summed E-state index contributed by atoms with van der Waals surface area (Å²) in [6.07, 6.45) is 0. The van der Waals surface area contributed by atoms with Crippen molar-refractivity contribution in [3.63, 3.8) is 0 Å². The molecule has 0 saturated carbocycles. The molecule has 0 aromatic heterocycles. The van der Waals surface area contributed by atoms with Gasteiger partial charge in [-0.2, -0.15) is 0 Å². The molecule has 24 heavy (non-hydrogen) atoms. The Kier molecular flexibility index (Phi) is 4.77. The van der Waals surface area contributed by atoms with Crippen molar-refractivity contribution in [1.82, 2.24) is 10.9 Å². The zero-order valence-corrected chi connectivity index (χ0v) is 13.2. The van der Waals surface area contributed by atoms with E-state index in [-0.39, 0.29) is 12.5 Å². The van der Waals surface area contributed by atoms with Crippen LogP contribution in [0.4, 0.5) is 0 Å². The maximum atomic E-state index is 11.9. The Morgan fingerprint density at radius 1 is 0.875 bits per heavy atom. The van der Waals surface area contributed by atoms with Crippen LogP contribution in [0.1, 0.15) is 5.56 Å². The molecule has 0 heterocycles. The predicted octanol–water partition coefficient (Wildman–Crippen LogP) is 3.51. The molecular weight excluding hydrogens is 300 g/mol. The molecule has 1 amide bonds. The number of benzene rings is 3. The fraction of sp³-hybridized carbons (Fsp3) is 0.0500. The molecular formula is C20H18N2O2. The monoisotopic (exact) mass is 318 g/mol. The molecule has 0 saturated heterocycles. The molecule has 0 aliphatic carbocycles. The smallest absolute Gasteiger partial charge is 0.276 e. The minimum Gasteiger partial charge on any atom is -0.484 e. The third-order valence-electron chi connectivity index (χ3n) is 3.57. The quantitative estimate of drug-likeness (QED) is 0.684. The summed E-state index contributed by atoms with van der Waals surface area (Å²) in [5.74, 6) is 0.381. The van der Waals surface area contributed by atoms with E-state index in [2.05, 4.69) is 17.4 Å². The van der Waals surface area contributed by atoms with Crippen molar-refractivity contribution in [2.75, 3.05) is 6.61 Å². The van der Waals surface area contributed by atoms with E-state index >= 15 is 0 Å². The lowest BCUT2D eigenvalue weighted by atomic mass is 10.1. The van der Waals surface area contributed by atoms with Gasteiger partial charge in [-0.1, -0.05) is 67.2 Å². The summed E-state index contributed by atoms with van der Waals surface area (Å²) in [6, 6.07) is 23.3. The van der Waals surface area contributed by atoms with Crippen LogP contribution in [0.3, 0.4) is 0 Å². The summed E-state index contributed by atoms with van der Waals surface area (Å²) < 4.78 is 5.53. The largest absolute Gasteiger partial charge is 0.484 e. The van der Waals surface area contributed by atoms with Crippen molar-refractivity contribution < 1.29 is 9.53 Å². The molecule has 0 atom stereocenters. The number of ether oxygens (including phenoxy) is 1. The van der Waals surface area contributed by atoms with E-state index in [0.717, 1.165) is 16.3 Å².